The smallest absolute Gasteiger partial charge is 0.310 e. The largest absolute Gasteiger partial charge is 0.544 e. The molecule has 0 aliphatic rings. The van der Waals surface area contributed by atoms with Crippen LogP contribution in [0.1, 0.15) is 71.6 Å². The summed E-state index contributed by atoms with van der Waals surface area (Å²) >= 11 is 0. The van der Waals surface area contributed by atoms with E-state index in [0.29, 0.717) is 6.42 Å². The van der Waals surface area contributed by atoms with E-state index in [1.165, 1.54) is 0 Å². The molecule has 0 saturated carbocycles. The quantitative estimate of drug-likeness (QED) is 0.0664. The monoisotopic (exact) mass is 587 g/mol. The van der Waals surface area contributed by atoms with Crippen molar-refractivity contribution in [3.05, 3.63) is 72.9 Å². The Morgan fingerprint density at radius 2 is 1.12 bits per heavy atom. The Morgan fingerprint density at radius 3 is 1.57 bits per heavy atom. The standard InChI is InChI=1S/C34H53NO7/c1-6-8-10-12-14-16-18-20-22-24-32(36)41-29-30(28-40-27-26-31(34(38)39)35(3,4)5)42-33(37)25-23-21-19-17-15-13-11-9-7-2/h8-11,14-17,20-23,30-31H,6-7,12-13,18-19,24-29H2,1-5H3/b10-8+,11-9+,16-14+,17-15+,22-20+,23-21+. The number of hydrogen-bond acceptors (Lipinski definition) is 7. The van der Waals surface area contributed by atoms with Crippen molar-refractivity contribution in [1.82, 2.24) is 0 Å². The maximum Gasteiger partial charge on any atom is 0.310 e. The minimum Gasteiger partial charge on any atom is -0.544 e. The van der Waals surface area contributed by atoms with E-state index in [9.17, 15) is 19.5 Å². The Labute approximate surface area is 253 Å². The van der Waals surface area contributed by atoms with Crippen LogP contribution in [0.4, 0.5) is 0 Å². The fraction of sp³-hybridized carbons (Fsp3) is 0.559. The number of hydrogen-bond donors (Lipinski definition) is 0. The van der Waals surface area contributed by atoms with Gasteiger partial charge in [-0.1, -0.05) is 86.8 Å². The number of likely N-dealkylation sites (N-methyl/N-ethyl adjacent to an activating group) is 1. The first kappa shape index (κ1) is 38.8. The molecule has 0 amide bonds. The zero-order valence-corrected chi connectivity index (χ0v) is 26.4. The number of rotatable bonds is 24. The molecule has 2 unspecified atom stereocenters. The van der Waals surface area contributed by atoms with Gasteiger partial charge in [0.15, 0.2) is 6.10 Å². The molecular formula is C34H53NO7. The Bertz CT molecular complexity index is 923. The molecule has 8 heteroatoms. The van der Waals surface area contributed by atoms with E-state index in [4.69, 9.17) is 14.2 Å². The fourth-order valence-electron chi connectivity index (χ4n) is 3.60. The first-order valence-electron chi connectivity index (χ1n) is 15.0. The number of carboxylic acids is 1. The number of quaternary nitrogens is 1. The molecule has 0 aromatic rings. The summed E-state index contributed by atoms with van der Waals surface area (Å²) in [6, 6.07) is -0.750. The number of ether oxygens (including phenoxy) is 3. The van der Waals surface area contributed by atoms with Crippen LogP contribution in [0.3, 0.4) is 0 Å². The predicted octanol–water partition coefficient (Wildman–Crippen LogP) is 5.17. The Balaban J connectivity index is 4.80. The van der Waals surface area contributed by atoms with Crippen molar-refractivity contribution in [2.75, 3.05) is 41.0 Å². The van der Waals surface area contributed by atoms with Gasteiger partial charge in [0, 0.05) is 6.42 Å². The number of carbonyl (C=O) groups excluding carboxylic acids is 3. The lowest BCUT2D eigenvalue weighted by Gasteiger charge is -2.34. The first-order valence-corrected chi connectivity index (χ1v) is 15.0. The van der Waals surface area contributed by atoms with E-state index in [0.717, 1.165) is 32.1 Å². The van der Waals surface area contributed by atoms with Crippen molar-refractivity contribution in [3.8, 4) is 0 Å². The molecule has 0 aromatic heterocycles. The third-order valence-electron chi connectivity index (χ3n) is 5.90. The summed E-state index contributed by atoms with van der Waals surface area (Å²) in [6.45, 7) is 4.13. The van der Waals surface area contributed by atoms with Crippen molar-refractivity contribution in [2.45, 2.75) is 83.8 Å². The molecule has 0 bridgehead atoms. The summed E-state index contributed by atoms with van der Waals surface area (Å²) in [7, 11) is 5.31. The Morgan fingerprint density at radius 1 is 0.667 bits per heavy atom. The van der Waals surface area contributed by atoms with Crippen molar-refractivity contribution in [2.24, 2.45) is 0 Å². The third kappa shape index (κ3) is 23.5. The molecule has 0 N–H and O–H groups in total. The van der Waals surface area contributed by atoms with Crippen molar-refractivity contribution >= 4 is 17.9 Å². The van der Waals surface area contributed by atoms with E-state index in [1.807, 2.05) is 24.3 Å². The van der Waals surface area contributed by atoms with E-state index in [2.05, 4.69) is 50.3 Å². The van der Waals surface area contributed by atoms with Crippen molar-refractivity contribution < 1.29 is 38.2 Å². The molecule has 0 rings (SSSR count). The zero-order chi connectivity index (χ0) is 31.5. The Hall–Kier alpha value is -3.23. The van der Waals surface area contributed by atoms with Gasteiger partial charge >= 0.3 is 11.9 Å². The average Bonchev–Trinajstić information content (AvgIpc) is 2.92. The normalized spacial score (nSPS) is 14.2. The molecule has 0 fully saturated rings. The molecule has 0 heterocycles. The minimum absolute atomic E-state index is 0.0270. The van der Waals surface area contributed by atoms with Crippen LogP contribution >= 0.6 is 0 Å². The van der Waals surface area contributed by atoms with Gasteiger partial charge in [-0.15, -0.1) is 0 Å². The molecule has 0 spiro atoms. The second-order valence-electron chi connectivity index (χ2n) is 10.6. The van der Waals surface area contributed by atoms with Crippen LogP contribution in [-0.4, -0.2) is 75.5 Å². The molecule has 0 aliphatic carbocycles. The van der Waals surface area contributed by atoms with Gasteiger partial charge in [0.1, 0.15) is 12.6 Å². The predicted molar refractivity (Wildman–Crippen MR) is 166 cm³/mol. The van der Waals surface area contributed by atoms with E-state index < -0.39 is 30.1 Å². The lowest BCUT2D eigenvalue weighted by molar-refractivity contribution is -0.889. The minimum atomic E-state index is -1.15. The van der Waals surface area contributed by atoms with Crippen LogP contribution < -0.4 is 5.11 Å². The molecule has 8 nitrogen and oxygen atoms in total. The van der Waals surface area contributed by atoms with Crippen LogP contribution in [0.25, 0.3) is 0 Å². The van der Waals surface area contributed by atoms with Gasteiger partial charge in [0.2, 0.25) is 0 Å². The second-order valence-corrected chi connectivity index (χ2v) is 10.6. The third-order valence-corrected chi connectivity index (χ3v) is 5.90. The zero-order valence-electron chi connectivity index (χ0n) is 26.4. The molecule has 42 heavy (non-hydrogen) atoms. The first-order chi connectivity index (χ1) is 20.1. The molecule has 0 saturated heterocycles. The lowest BCUT2D eigenvalue weighted by Crippen LogP contribution is -2.55. The number of carbonyl (C=O) groups is 3. The van der Waals surface area contributed by atoms with Crippen LogP contribution in [0, 0.1) is 0 Å². The fourth-order valence-corrected chi connectivity index (χ4v) is 3.60. The van der Waals surface area contributed by atoms with Gasteiger partial charge in [0.05, 0.1) is 53.2 Å². The molecule has 0 aromatic carbocycles. The number of aliphatic carboxylic acids is 1. The molecule has 236 valence electrons. The van der Waals surface area contributed by atoms with E-state index in [-0.39, 0.29) is 43.6 Å². The average molecular weight is 588 g/mol. The van der Waals surface area contributed by atoms with Gasteiger partial charge in [0.25, 0.3) is 0 Å². The summed E-state index contributed by atoms with van der Waals surface area (Å²) < 4.78 is 16.7. The van der Waals surface area contributed by atoms with Gasteiger partial charge in [-0.05, 0) is 38.5 Å². The van der Waals surface area contributed by atoms with E-state index >= 15 is 0 Å². The van der Waals surface area contributed by atoms with Crippen LogP contribution in [0.5, 0.6) is 0 Å². The number of allylic oxidation sites excluding steroid dienone is 10. The SMILES string of the molecule is CC/C=C/C/C=C/C/C=C/CC(=O)OCC(COCCC(C(=O)[O-])[N+](C)(C)C)OC(=O)C/C=C/C/C=C/C/C=C/CC. The number of esters is 2. The van der Waals surface area contributed by atoms with Gasteiger partial charge < -0.3 is 28.6 Å². The van der Waals surface area contributed by atoms with Gasteiger partial charge in [-0.3, -0.25) is 9.59 Å². The lowest BCUT2D eigenvalue weighted by atomic mass is 10.1. The van der Waals surface area contributed by atoms with Crippen LogP contribution in [-0.2, 0) is 28.6 Å². The van der Waals surface area contributed by atoms with Gasteiger partial charge in [-0.25, -0.2) is 0 Å². The van der Waals surface area contributed by atoms with Crippen molar-refractivity contribution in [1.29, 1.82) is 0 Å². The second kappa shape index (κ2) is 25.5. The molecular weight excluding hydrogens is 534 g/mol. The summed E-state index contributed by atoms with van der Waals surface area (Å²) in [5.74, 6) is -2.06. The molecule has 0 radical (unpaired) electrons. The van der Waals surface area contributed by atoms with Crippen LogP contribution in [0.2, 0.25) is 0 Å². The number of nitrogens with zero attached hydrogens (tertiary/aromatic N) is 1. The highest BCUT2D eigenvalue weighted by Gasteiger charge is 2.25. The molecule has 0 aliphatic heterocycles. The maximum atomic E-state index is 12.4. The summed E-state index contributed by atoms with van der Waals surface area (Å²) in [5, 5.41) is 11.5. The highest BCUT2D eigenvalue weighted by atomic mass is 16.6. The summed E-state index contributed by atoms with van der Waals surface area (Å²) in [4.78, 5) is 36.1. The number of carboxylic acid groups (broad SMARTS) is 1. The van der Waals surface area contributed by atoms with Crippen molar-refractivity contribution in [3.63, 3.8) is 0 Å². The highest BCUT2D eigenvalue weighted by molar-refractivity contribution is 5.72. The van der Waals surface area contributed by atoms with E-state index in [1.54, 1.807) is 33.3 Å². The topological polar surface area (TPSA) is 102 Å². The Kier molecular flexibility index (Phi) is 23.5. The highest BCUT2D eigenvalue weighted by Crippen LogP contribution is 2.08. The van der Waals surface area contributed by atoms with Crippen LogP contribution in [0.15, 0.2) is 72.9 Å². The maximum absolute atomic E-state index is 12.4. The summed E-state index contributed by atoms with van der Waals surface area (Å²) in [5.41, 5.74) is 0. The molecule has 2 atom stereocenters. The summed E-state index contributed by atoms with van der Waals surface area (Å²) in [6.07, 6.45) is 28.8. The van der Waals surface area contributed by atoms with Gasteiger partial charge in [-0.2, -0.15) is 0 Å².